The molecule has 6 heteroatoms. The van der Waals surface area contributed by atoms with E-state index in [1.165, 1.54) is 0 Å². The molecule has 0 bridgehead atoms. The Bertz CT molecular complexity index is 755. The predicted molar refractivity (Wildman–Crippen MR) is 98.4 cm³/mol. The number of methoxy groups -OCH3 is 1. The van der Waals surface area contributed by atoms with E-state index in [0.29, 0.717) is 18.2 Å². The molecule has 0 unspecified atom stereocenters. The van der Waals surface area contributed by atoms with Crippen molar-refractivity contribution in [1.29, 1.82) is 0 Å². The average Bonchev–Trinajstić information content (AvgIpc) is 2.63. The van der Waals surface area contributed by atoms with Gasteiger partial charge < -0.3 is 19.7 Å². The lowest BCUT2D eigenvalue weighted by Crippen LogP contribution is -2.37. The van der Waals surface area contributed by atoms with Gasteiger partial charge in [0.1, 0.15) is 11.3 Å². The summed E-state index contributed by atoms with van der Waals surface area (Å²) in [6.07, 6.45) is 3.67. The largest absolute Gasteiger partial charge is 0.497 e. The SMILES string of the molecule is CCOC(=O)c1cnc2ccc(OC)cc2c1NC1CCN(C)CC1. The van der Waals surface area contributed by atoms with E-state index in [-0.39, 0.29) is 5.97 Å². The lowest BCUT2D eigenvalue weighted by molar-refractivity contribution is 0.0527. The maximum Gasteiger partial charge on any atom is 0.341 e. The van der Waals surface area contributed by atoms with Crippen LogP contribution in [-0.2, 0) is 4.74 Å². The number of anilines is 1. The molecule has 1 aliphatic rings. The molecule has 1 fully saturated rings. The van der Waals surface area contributed by atoms with Gasteiger partial charge in [-0.2, -0.15) is 0 Å². The maximum atomic E-state index is 12.4. The summed E-state index contributed by atoms with van der Waals surface area (Å²) in [6.45, 7) is 4.22. The Kier molecular flexibility index (Phi) is 5.38. The molecule has 2 aromatic rings. The fourth-order valence-electron chi connectivity index (χ4n) is 3.17. The number of hydrogen-bond donors (Lipinski definition) is 1. The molecule has 1 aromatic heterocycles. The van der Waals surface area contributed by atoms with E-state index < -0.39 is 0 Å². The zero-order valence-electron chi connectivity index (χ0n) is 15.0. The topological polar surface area (TPSA) is 63.7 Å². The van der Waals surface area contributed by atoms with Crippen LogP contribution in [0.4, 0.5) is 5.69 Å². The maximum absolute atomic E-state index is 12.4. The molecule has 134 valence electrons. The Morgan fingerprint density at radius 2 is 2.12 bits per heavy atom. The number of pyridine rings is 1. The van der Waals surface area contributed by atoms with Gasteiger partial charge in [-0.15, -0.1) is 0 Å². The van der Waals surface area contributed by atoms with Crippen molar-refractivity contribution in [3.05, 3.63) is 30.0 Å². The molecular formula is C19H25N3O3. The number of hydrogen-bond acceptors (Lipinski definition) is 6. The third-order valence-corrected chi connectivity index (χ3v) is 4.64. The molecule has 0 aliphatic carbocycles. The van der Waals surface area contributed by atoms with Gasteiger partial charge in [0.15, 0.2) is 0 Å². The lowest BCUT2D eigenvalue weighted by Gasteiger charge is -2.31. The lowest BCUT2D eigenvalue weighted by atomic mass is 10.0. The average molecular weight is 343 g/mol. The quantitative estimate of drug-likeness (QED) is 0.842. The van der Waals surface area contributed by atoms with Crippen LogP contribution >= 0.6 is 0 Å². The van der Waals surface area contributed by atoms with Crippen LogP contribution in [-0.4, -0.2) is 55.7 Å². The molecule has 0 amide bonds. The number of benzene rings is 1. The first-order valence-electron chi connectivity index (χ1n) is 8.71. The van der Waals surface area contributed by atoms with Crippen LogP contribution in [0.2, 0.25) is 0 Å². The molecule has 1 saturated heterocycles. The van der Waals surface area contributed by atoms with E-state index in [0.717, 1.165) is 48.3 Å². The third kappa shape index (κ3) is 3.85. The van der Waals surface area contributed by atoms with Crippen LogP contribution in [0.5, 0.6) is 5.75 Å². The van der Waals surface area contributed by atoms with Gasteiger partial charge in [-0.25, -0.2) is 4.79 Å². The van der Waals surface area contributed by atoms with Gasteiger partial charge in [0.05, 0.1) is 24.9 Å². The summed E-state index contributed by atoms with van der Waals surface area (Å²) in [5, 5.41) is 4.46. The Labute approximate surface area is 148 Å². The van der Waals surface area contributed by atoms with Crippen LogP contribution < -0.4 is 10.1 Å². The smallest absolute Gasteiger partial charge is 0.341 e. The van der Waals surface area contributed by atoms with Gasteiger partial charge in [-0.05, 0) is 58.1 Å². The molecule has 0 saturated carbocycles. The fourth-order valence-corrected chi connectivity index (χ4v) is 3.17. The molecule has 6 nitrogen and oxygen atoms in total. The molecule has 0 radical (unpaired) electrons. The van der Waals surface area contributed by atoms with E-state index >= 15 is 0 Å². The minimum Gasteiger partial charge on any atom is -0.497 e. The van der Waals surface area contributed by atoms with E-state index in [1.807, 2.05) is 18.2 Å². The van der Waals surface area contributed by atoms with Crippen molar-refractivity contribution >= 4 is 22.6 Å². The molecule has 1 aliphatic heterocycles. The van der Waals surface area contributed by atoms with Crippen molar-refractivity contribution in [3.63, 3.8) is 0 Å². The summed E-state index contributed by atoms with van der Waals surface area (Å²) in [6, 6.07) is 6.02. The number of fused-ring (bicyclic) bond motifs is 1. The Morgan fingerprint density at radius 3 is 2.80 bits per heavy atom. The number of likely N-dealkylation sites (tertiary alicyclic amines) is 1. The van der Waals surface area contributed by atoms with E-state index in [4.69, 9.17) is 9.47 Å². The number of nitrogens with one attached hydrogen (secondary N) is 1. The Balaban J connectivity index is 2.03. The zero-order chi connectivity index (χ0) is 17.8. The molecular weight excluding hydrogens is 318 g/mol. The van der Waals surface area contributed by atoms with E-state index in [1.54, 1.807) is 20.2 Å². The standard InChI is InChI=1S/C19H25N3O3/c1-4-25-19(23)16-12-20-17-6-5-14(24-3)11-15(17)18(16)21-13-7-9-22(2)10-8-13/h5-6,11-13H,4,7-10H2,1-3H3,(H,20,21). The number of piperidine rings is 1. The normalized spacial score (nSPS) is 16.0. The zero-order valence-corrected chi connectivity index (χ0v) is 15.0. The van der Waals surface area contributed by atoms with Crippen molar-refractivity contribution in [2.24, 2.45) is 0 Å². The molecule has 1 N–H and O–H groups in total. The van der Waals surface area contributed by atoms with E-state index in [2.05, 4.69) is 22.2 Å². The first-order valence-corrected chi connectivity index (χ1v) is 8.71. The summed E-state index contributed by atoms with van der Waals surface area (Å²) >= 11 is 0. The first-order chi connectivity index (χ1) is 12.1. The Morgan fingerprint density at radius 1 is 1.36 bits per heavy atom. The second kappa shape index (κ2) is 7.70. The van der Waals surface area contributed by atoms with Gasteiger partial charge in [-0.3, -0.25) is 4.98 Å². The number of ether oxygens (including phenoxy) is 2. The number of rotatable bonds is 5. The van der Waals surface area contributed by atoms with Gasteiger partial charge >= 0.3 is 5.97 Å². The van der Waals surface area contributed by atoms with Crippen LogP contribution in [0.25, 0.3) is 10.9 Å². The second-order valence-corrected chi connectivity index (χ2v) is 6.37. The van der Waals surface area contributed by atoms with Gasteiger partial charge in [0.2, 0.25) is 0 Å². The minimum atomic E-state index is -0.352. The van der Waals surface area contributed by atoms with Crippen molar-refractivity contribution in [3.8, 4) is 5.75 Å². The summed E-state index contributed by atoms with van der Waals surface area (Å²) < 4.78 is 10.6. The van der Waals surface area contributed by atoms with Crippen LogP contribution in [0.3, 0.4) is 0 Å². The molecule has 0 atom stereocenters. The van der Waals surface area contributed by atoms with E-state index in [9.17, 15) is 4.79 Å². The van der Waals surface area contributed by atoms with Crippen LogP contribution in [0, 0.1) is 0 Å². The van der Waals surface area contributed by atoms with Crippen molar-refractivity contribution < 1.29 is 14.3 Å². The molecule has 25 heavy (non-hydrogen) atoms. The van der Waals surface area contributed by atoms with Gasteiger partial charge in [0, 0.05) is 17.6 Å². The summed E-state index contributed by atoms with van der Waals surface area (Å²) in [5.41, 5.74) is 2.09. The second-order valence-electron chi connectivity index (χ2n) is 6.37. The van der Waals surface area contributed by atoms with Crippen molar-refractivity contribution in [2.45, 2.75) is 25.8 Å². The highest BCUT2D eigenvalue weighted by molar-refractivity contribution is 6.05. The predicted octanol–water partition coefficient (Wildman–Crippen LogP) is 2.93. The van der Waals surface area contributed by atoms with Crippen molar-refractivity contribution in [2.75, 3.05) is 39.2 Å². The number of esters is 1. The first kappa shape index (κ1) is 17.5. The summed E-state index contributed by atoms with van der Waals surface area (Å²) in [7, 11) is 3.76. The van der Waals surface area contributed by atoms with Gasteiger partial charge in [-0.1, -0.05) is 0 Å². The third-order valence-electron chi connectivity index (χ3n) is 4.64. The van der Waals surface area contributed by atoms with Crippen molar-refractivity contribution in [1.82, 2.24) is 9.88 Å². The molecule has 0 spiro atoms. The van der Waals surface area contributed by atoms with Crippen LogP contribution in [0.15, 0.2) is 24.4 Å². The number of carbonyl (C=O) groups excluding carboxylic acids is 1. The number of aromatic nitrogens is 1. The highest BCUT2D eigenvalue weighted by atomic mass is 16.5. The summed E-state index contributed by atoms with van der Waals surface area (Å²) in [4.78, 5) is 19.2. The van der Waals surface area contributed by atoms with Crippen LogP contribution in [0.1, 0.15) is 30.1 Å². The monoisotopic (exact) mass is 343 g/mol. The highest BCUT2D eigenvalue weighted by Gasteiger charge is 2.22. The summed E-state index contributed by atoms with van der Waals surface area (Å²) in [5.74, 6) is 0.386. The fraction of sp³-hybridized carbons (Fsp3) is 0.474. The molecule has 1 aromatic carbocycles. The number of nitrogens with zero attached hydrogens (tertiary/aromatic N) is 2. The molecule has 2 heterocycles. The van der Waals surface area contributed by atoms with Gasteiger partial charge in [0.25, 0.3) is 0 Å². The highest BCUT2D eigenvalue weighted by Crippen LogP contribution is 2.31. The molecule has 3 rings (SSSR count). The minimum absolute atomic E-state index is 0.321. The number of carbonyl (C=O) groups is 1. The Hall–Kier alpha value is -2.34.